The summed E-state index contributed by atoms with van der Waals surface area (Å²) in [7, 11) is 0. The molecule has 1 atom stereocenters. The van der Waals surface area contributed by atoms with Crippen LogP contribution in [0.5, 0.6) is 0 Å². The number of H-pyrrole nitrogens is 1. The van der Waals surface area contributed by atoms with Crippen molar-refractivity contribution < 1.29 is 14.3 Å². The zero-order chi connectivity index (χ0) is 20.3. The van der Waals surface area contributed by atoms with E-state index >= 15 is 0 Å². The summed E-state index contributed by atoms with van der Waals surface area (Å²) in [5.41, 5.74) is 0.137. The van der Waals surface area contributed by atoms with Crippen LogP contribution in [0.15, 0.2) is 23.1 Å². The van der Waals surface area contributed by atoms with Crippen LogP contribution in [0.4, 0.5) is 0 Å². The fourth-order valence-corrected chi connectivity index (χ4v) is 4.97. The molecule has 2 aliphatic heterocycles. The normalized spacial score (nSPS) is 24.6. The maximum Gasteiger partial charge on any atom is 0.255 e. The van der Waals surface area contributed by atoms with Crippen LogP contribution in [0.1, 0.15) is 68.1 Å². The van der Waals surface area contributed by atoms with Gasteiger partial charge in [-0.05, 0) is 44.6 Å². The molecule has 2 amide bonds. The zero-order valence-corrected chi connectivity index (χ0v) is 17.0. The van der Waals surface area contributed by atoms with Crippen LogP contribution < -0.4 is 10.9 Å². The lowest BCUT2D eigenvalue weighted by Crippen LogP contribution is -2.47. The van der Waals surface area contributed by atoms with E-state index < -0.39 is 0 Å². The van der Waals surface area contributed by atoms with Gasteiger partial charge >= 0.3 is 0 Å². The van der Waals surface area contributed by atoms with Gasteiger partial charge in [0, 0.05) is 37.8 Å². The van der Waals surface area contributed by atoms with E-state index in [4.69, 9.17) is 4.74 Å². The molecule has 3 aliphatic rings. The molecule has 0 aromatic carbocycles. The third kappa shape index (κ3) is 4.71. The van der Waals surface area contributed by atoms with Crippen LogP contribution >= 0.6 is 0 Å². The smallest absolute Gasteiger partial charge is 0.255 e. The van der Waals surface area contributed by atoms with Crippen LogP contribution in [0.3, 0.4) is 0 Å². The van der Waals surface area contributed by atoms with E-state index in [1.165, 1.54) is 18.7 Å². The summed E-state index contributed by atoms with van der Waals surface area (Å²) in [6.07, 6.45) is 10.7. The number of ether oxygens (including phenoxy) is 1. The summed E-state index contributed by atoms with van der Waals surface area (Å²) in [4.78, 5) is 40.6. The minimum atomic E-state index is -0.208. The number of rotatable bonds is 4. The Hall–Kier alpha value is -2.15. The lowest BCUT2D eigenvalue weighted by Gasteiger charge is -2.39. The molecule has 29 heavy (non-hydrogen) atoms. The summed E-state index contributed by atoms with van der Waals surface area (Å²) in [5.74, 6) is 0.322. The summed E-state index contributed by atoms with van der Waals surface area (Å²) < 4.78 is 6.38. The van der Waals surface area contributed by atoms with Crippen LogP contribution in [0.25, 0.3) is 0 Å². The number of aromatic nitrogens is 1. The summed E-state index contributed by atoms with van der Waals surface area (Å²) in [5, 5.41) is 3.11. The number of likely N-dealkylation sites (tertiary alicyclic amines) is 1. The van der Waals surface area contributed by atoms with E-state index in [0.29, 0.717) is 25.2 Å². The van der Waals surface area contributed by atoms with Crippen molar-refractivity contribution in [3.05, 3.63) is 34.2 Å². The fraction of sp³-hybridized carbons (Fsp3) is 0.682. The van der Waals surface area contributed by atoms with Gasteiger partial charge in [0.2, 0.25) is 11.5 Å². The van der Waals surface area contributed by atoms with E-state index in [9.17, 15) is 14.4 Å². The highest BCUT2D eigenvalue weighted by molar-refractivity contribution is 5.93. The molecule has 3 heterocycles. The van der Waals surface area contributed by atoms with Gasteiger partial charge < -0.3 is 19.9 Å². The molecule has 0 unspecified atom stereocenters. The second kappa shape index (κ2) is 8.69. The van der Waals surface area contributed by atoms with Crippen LogP contribution in [0.2, 0.25) is 0 Å². The van der Waals surface area contributed by atoms with Gasteiger partial charge in [0.1, 0.15) is 0 Å². The first kappa shape index (κ1) is 20.1. The minimum absolute atomic E-state index is 0.0506. The number of hydrogen-bond acceptors (Lipinski definition) is 4. The molecular formula is C22H31N3O4. The highest BCUT2D eigenvalue weighted by Crippen LogP contribution is 2.39. The molecule has 1 aromatic rings. The average Bonchev–Trinajstić information content (AvgIpc) is 3.15. The van der Waals surface area contributed by atoms with Gasteiger partial charge in [-0.25, -0.2) is 0 Å². The van der Waals surface area contributed by atoms with Gasteiger partial charge in [0.25, 0.3) is 5.91 Å². The first-order valence-electron chi connectivity index (χ1n) is 11.0. The van der Waals surface area contributed by atoms with Gasteiger partial charge in [-0.15, -0.1) is 0 Å². The number of piperidine rings is 1. The van der Waals surface area contributed by atoms with E-state index in [1.54, 1.807) is 6.07 Å². The first-order chi connectivity index (χ1) is 14.0. The Balaban J connectivity index is 1.24. The molecule has 158 valence electrons. The van der Waals surface area contributed by atoms with Crippen LogP contribution in [-0.2, 0) is 9.53 Å². The highest BCUT2D eigenvalue weighted by Gasteiger charge is 2.43. The highest BCUT2D eigenvalue weighted by atomic mass is 16.5. The molecular weight excluding hydrogens is 370 g/mol. The Morgan fingerprint density at radius 3 is 2.55 bits per heavy atom. The minimum Gasteiger partial charge on any atom is -0.370 e. The number of pyridine rings is 1. The van der Waals surface area contributed by atoms with Crippen molar-refractivity contribution in [1.82, 2.24) is 15.2 Å². The lowest BCUT2D eigenvalue weighted by molar-refractivity contribution is -0.127. The Bertz CT molecular complexity index is 771. The topological polar surface area (TPSA) is 91.5 Å². The molecule has 2 saturated heterocycles. The molecule has 1 spiro atoms. The van der Waals surface area contributed by atoms with Crippen molar-refractivity contribution in [1.29, 1.82) is 0 Å². The predicted molar refractivity (Wildman–Crippen MR) is 109 cm³/mol. The van der Waals surface area contributed by atoms with Gasteiger partial charge in [-0.2, -0.15) is 0 Å². The number of nitrogens with one attached hydrogen (secondary N) is 2. The van der Waals surface area contributed by atoms with E-state index in [0.717, 1.165) is 51.4 Å². The Morgan fingerprint density at radius 1 is 1.10 bits per heavy atom. The largest absolute Gasteiger partial charge is 0.370 e. The molecule has 7 heteroatoms. The summed E-state index contributed by atoms with van der Waals surface area (Å²) in [6, 6.07) is 2.95. The molecule has 1 saturated carbocycles. The van der Waals surface area contributed by atoms with Crippen LogP contribution in [-0.4, -0.2) is 53.0 Å². The summed E-state index contributed by atoms with van der Waals surface area (Å²) in [6.45, 7) is 1.90. The first-order valence-corrected chi connectivity index (χ1v) is 11.0. The van der Waals surface area contributed by atoms with Crippen molar-refractivity contribution in [2.24, 2.45) is 5.92 Å². The Kier molecular flexibility index (Phi) is 6.04. The van der Waals surface area contributed by atoms with Gasteiger partial charge in [-0.3, -0.25) is 14.4 Å². The number of hydrogen-bond donors (Lipinski definition) is 2. The molecule has 1 aliphatic carbocycles. The second-order valence-electron chi connectivity index (χ2n) is 8.78. The number of carbonyl (C=O) groups excluding carboxylic acids is 2. The maximum absolute atomic E-state index is 12.6. The zero-order valence-electron chi connectivity index (χ0n) is 17.0. The van der Waals surface area contributed by atoms with E-state index in [-0.39, 0.29) is 35.0 Å². The third-order valence-electron chi connectivity index (χ3n) is 6.81. The average molecular weight is 402 g/mol. The molecule has 0 radical (unpaired) electrons. The van der Waals surface area contributed by atoms with E-state index in [2.05, 4.69) is 10.3 Å². The van der Waals surface area contributed by atoms with Crippen molar-refractivity contribution in [3.8, 4) is 0 Å². The molecule has 0 bridgehead atoms. The maximum atomic E-state index is 12.6. The molecule has 4 rings (SSSR count). The second-order valence-corrected chi connectivity index (χ2v) is 8.78. The predicted octanol–water partition coefficient (Wildman–Crippen LogP) is 2.23. The van der Waals surface area contributed by atoms with Crippen molar-refractivity contribution >= 4 is 11.8 Å². The van der Waals surface area contributed by atoms with Gasteiger partial charge in [0.05, 0.1) is 17.3 Å². The van der Waals surface area contributed by atoms with Crippen molar-refractivity contribution in [3.63, 3.8) is 0 Å². The Morgan fingerprint density at radius 2 is 1.86 bits per heavy atom. The molecule has 1 aromatic heterocycles. The van der Waals surface area contributed by atoms with E-state index in [1.807, 2.05) is 4.90 Å². The molecule has 2 N–H and O–H groups in total. The lowest BCUT2D eigenvalue weighted by atomic mass is 9.88. The quantitative estimate of drug-likeness (QED) is 0.809. The number of carbonyl (C=O) groups is 2. The number of amides is 2. The SMILES string of the molecule is O=C(NC[C@H]1CCC2(CCN(C(=O)c3ccc(=O)[nH]c3)CC2)O1)C1CCCCC1. The number of aromatic amines is 1. The van der Waals surface area contributed by atoms with Gasteiger partial charge in [0.15, 0.2) is 0 Å². The van der Waals surface area contributed by atoms with Crippen molar-refractivity contribution in [2.75, 3.05) is 19.6 Å². The summed E-state index contributed by atoms with van der Waals surface area (Å²) >= 11 is 0. The molecule has 3 fully saturated rings. The number of nitrogens with zero attached hydrogens (tertiary/aromatic N) is 1. The monoisotopic (exact) mass is 401 g/mol. The van der Waals surface area contributed by atoms with Gasteiger partial charge in [-0.1, -0.05) is 19.3 Å². The van der Waals surface area contributed by atoms with Crippen LogP contribution in [0, 0.1) is 5.92 Å². The standard InChI is InChI=1S/C22H31N3O4/c26-19-7-6-17(14-23-19)21(28)25-12-10-22(11-13-25)9-8-18(29-22)15-24-20(27)16-4-2-1-3-5-16/h6-7,14,16,18H,1-5,8-13,15H2,(H,23,26)(H,24,27)/t18-/m1/s1. The van der Waals surface area contributed by atoms with Crippen molar-refractivity contribution in [2.45, 2.75) is 69.5 Å². The Labute approximate surface area is 171 Å². The molecule has 7 nitrogen and oxygen atoms in total. The third-order valence-corrected chi connectivity index (χ3v) is 6.81. The fourth-order valence-electron chi connectivity index (χ4n) is 4.97.